The molecule has 180 valence electrons. The van der Waals surface area contributed by atoms with Crippen LogP contribution in [0.5, 0.6) is 0 Å². The quantitative estimate of drug-likeness (QED) is 0.652. The molecule has 2 fully saturated rings. The molecule has 3 rings (SSSR count). The van der Waals surface area contributed by atoms with Gasteiger partial charge in [-0.2, -0.15) is 4.31 Å². The Bertz CT molecular complexity index is 800. The van der Waals surface area contributed by atoms with E-state index in [0.29, 0.717) is 85.3 Å². The minimum atomic E-state index is -3.75. The Labute approximate surface area is 190 Å². The normalized spacial score (nSPS) is 23.4. The van der Waals surface area contributed by atoms with Gasteiger partial charge in [0.15, 0.2) is 0 Å². The van der Waals surface area contributed by atoms with E-state index < -0.39 is 16.1 Å². The van der Waals surface area contributed by atoms with Crippen LogP contribution in [0.3, 0.4) is 0 Å². The molecule has 32 heavy (non-hydrogen) atoms. The fourth-order valence-electron chi connectivity index (χ4n) is 3.77. The zero-order valence-corrected chi connectivity index (χ0v) is 19.6. The zero-order chi connectivity index (χ0) is 22.8. The number of aryl methyl sites for hydroxylation is 1. The van der Waals surface area contributed by atoms with Crippen LogP contribution in [-0.4, -0.2) is 102 Å². The number of carbonyl (C=O) groups is 1. The number of ether oxygens (including phenoxy) is 4. The Balaban J connectivity index is 1.67. The smallest absolute Gasteiger partial charge is 0.243 e. The van der Waals surface area contributed by atoms with E-state index in [-0.39, 0.29) is 10.8 Å². The number of sulfonamides is 1. The number of hydrogen-bond acceptors (Lipinski definition) is 7. The minimum absolute atomic E-state index is 0.206. The van der Waals surface area contributed by atoms with Gasteiger partial charge in [0.25, 0.3) is 0 Å². The van der Waals surface area contributed by atoms with E-state index in [1.54, 1.807) is 29.2 Å². The molecule has 2 heterocycles. The first kappa shape index (κ1) is 25.1. The summed E-state index contributed by atoms with van der Waals surface area (Å²) in [5, 5.41) is 0. The van der Waals surface area contributed by atoms with Crippen molar-refractivity contribution in [1.82, 2.24) is 9.21 Å². The zero-order valence-electron chi connectivity index (χ0n) is 18.7. The lowest BCUT2D eigenvalue weighted by Crippen LogP contribution is -2.49. The van der Waals surface area contributed by atoms with Crippen molar-refractivity contribution in [2.45, 2.75) is 30.7 Å². The van der Waals surface area contributed by atoms with Gasteiger partial charge in [-0.3, -0.25) is 4.79 Å². The minimum Gasteiger partial charge on any atom is -0.377 e. The van der Waals surface area contributed by atoms with E-state index in [4.69, 9.17) is 18.9 Å². The maximum Gasteiger partial charge on any atom is 0.243 e. The molecule has 0 bridgehead atoms. The lowest BCUT2D eigenvalue weighted by Gasteiger charge is -2.30. The van der Waals surface area contributed by atoms with E-state index in [1.807, 2.05) is 6.92 Å². The van der Waals surface area contributed by atoms with Crippen LogP contribution in [0.2, 0.25) is 0 Å². The molecule has 1 amide bonds. The maximum atomic E-state index is 13.4. The van der Waals surface area contributed by atoms with Crippen LogP contribution in [-0.2, 0) is 33.8 Å². The van der Waals surface area contributed by atoms with Crippen molar-refractivity contribution in [3.8, 4) is 0 Å². The molecule has 1 unspecified atom stereocenters. The summed E-state index contributed by atoms with van der Waals surface area (Å²) in [5.41, 5.74) is 0.982. The Morgan fingerprint density at radius 2 is 1.31 bits per heavy atom. The second-order valence-electron chi connectivity index (χ2n) is 7.86. The Hall–Kier alpha value is -1.56. The predicted molar refractivity (Wildman–Crippen MR) is 118 cm³/mol. The molecule has 0 aliphatic carbocycles. The SMILES string of the molecule is Cc1ccc(S(=O)(=O)N2CCCC2C(=O)N2CCOCCOCCOCCOCC2)cc1. The van der Waals surface area contributed by atoms with Crippen molar-refractivity contribution in [2.24, 2.45) is 0 Å². The van der Waals surface area contributed by atoms with Crippen LogP contribution >= 0.6 is 0 Å². The van der Waals surface area contributed by atoms with Crippen LogP contribution in [0.1, 0.15) is 18.4 Å². The van der Waals surface area contributed by atoms with Crippen LogP contribution < -0.4 is 0 Å². The van der Waals surface area contributed by atoms with Crippen LogP contribution in [0.25, 0.3) is 0 Å². The average molecular weight is 471 g/mol. The van der Waals surface area contributed by atoms with E-state index in [9.17, 15) is 13.2 Å². The molecule has 0 N–H and O–H groups in total. The van der Waals surface area contributed by atoms with E-state index in [0.717, 1.165) is 5.56 Å². The van der Waals surface area contributed by atoms with Gasteiger partial charge in [0, 0.05) is 19.6 Å². The Kier molecular flexibility index (Phi) is 9.89. The highest BCUT2D eigenvalue weighted by Crippen LogP contribution is 2.27. The summed E-state index contributed by atoms with van der Waals surface area (Å²) < 4.78 is 49.8. The van der Waals surface area contributed by atoms with E-state index in [2.05, 4.69) is 0 Å². The highest BCUT2D eigenvalue weighted by molar-refractivity contribution is 7.89. The molecule has 2 saturated heterocycles. The number of rotatable bonds is 3. The summed E-state index contributed by atoms with van der Waals surface area (Å²) in [6.07, 6.45) is 1.15. The first-order chi connectivity index (χ1) is 15.5. The molecule has 0 saturated carbocycles. The third-order valence-corrected chi connectivity index (χ3v) is 7.48. The molecule has 1 aromatic carbocycles. The van der Waals surface area contributed by atoms with Crippen molar-refractivity contribution in [2.75, 3.05) is 72.5 Å². The summed E-state index contributed by atoms with van der Waals surface area (Å²) in [4.78, 5) is 15.3. The summed E-state index contributed by atoms with van der Waals surface area (Å²) in [6.45, 7) is 6.45. The third kappa shape index (κ3) is 6.97. The number of carbonyl (C=O) groups excluding carboxylic acids is 1. The summed E-state index contributed by atoms with van der Waals surface area (Å²) in [6, 6.07) is 6.02. The van der Waals surface area contributed by atoms with Gasteiger partial charge in [0.05, 0.1) is 57.8 Å². The standard InChI is InChI=1S/C22H34N2O7S/c1-19-4-6-20(7-5-19)32(26,27)24-8-2-3-21(24)22(25)23-9-11-28-13-15-30-17-18-31-16-14-29-12-10-23/h4-7,21H,2-3,8-18H2,1H3. The lowest BCUT2D eigenvalue weighted by molar-refractivity contribution is -0.136. The maximum absolute atomic E-state index is 13.4. The average Bonchev–Trinajstić information content (AvgIpc) is 3.27. The topological polar surface area (TPSA) is 94.6 Å². The monoisotopic (exact) mass is 470 g/mol. The fraction of sp³-hybridized carbons (Fsp3) is 0.682. The first-order valence-corrected chi connectivity index (χ1v) is 12.6. The molecule has 9 nitrogen and oxygen atoms in total. The molecular formula is C22H34N2O7S. The van der Waals surface area contributed by atoms with Gasteiger partial charge in [0.2, 0.25) is 15.9 Å². The molecule has 0 radical (unpaired) electrons. The lowest BCUT2D eigenvalue weighted by atomic mass is 10.2. The largest absolute Gasteiger partial charge is 0.377 e. The highest BCUT2D eigenvalue weighted by atomic mass is 32.2. The van der Waals surface area contributed by atoms with Crippen molar-refractivity contribution in [3.63, 3.8) is 0 Å². The van der Waals surface area contributed by atoms with Crippen molar-refractivity contribution in [3.05, 3.63) is 29.8 Å². The van der Waals surface area contributed by atoms with Crippen LogP contribution in [0, 0.1) is 6.92 Å². The molecule has 1 atom stereocenters. The molecule has 10 heteroatoms. The van der Waals surface area contributed by atoms with E-state index in [1.165, 1.54) is 4.31 Å². The molecule has 0 aromatic heterocycles. The van der Waals surface area contributed by atoms with Gasteiger partial charge in [0.1, 0.15) is 6.04 Å². The highest BCUT2D eigenvalue weighted by Gasteiger charge is 2.41. The van der Waals surface area contributed by atoms with Gasteiger partial charge in [-0.05, 0) is 31.9 Å². The van der Waals surface area contributed by atoms with Crippen LogP contribution in [0.4, 0.5) is 0 Å². The van der Waals surface area contributed by atoms with Crippen LogP contribution in [0.15, 0.2) is 29.2 Å². The van der Waals surface area contributed by atoms with Crippen molar-refractivity contribution >= 4 is 15.9 Å². The molecule has 2 aliphatic heterocycles. The molecule has 0 spiro atoms. The number of hydrogen-bond donors (Lipinski definition) is 0. The molecule has 2 aliphatic rings. The second-order valence-corrected chi connectivity index (χ2v) is 9.75. The van der Waals surface area contributed by atoms with Gasteiger partial charge in [-0.1, -0.05) is 17.7 Å². The van der Waals surface area contributed by atoms with Crippen molar-refractivity contribution in [1.29, 1.82) is 0 Å². The first-order valence-electron chi connectivity index (χ1n) is 11.2. The Morgan fingerprint density at radius 1 is 0.812 bits per heavy atom. The number of benzene rings is 1. The summed E-state index contributed by atoms with van der Waals surface area (Å²) >= 11 is 0. The number of nitrogens with zero attached hydrogens (tertiary/aromatic N) is 2. The van der Waals surface area contributed by atoms with Gasteiger partial charge in [-0.25, -0.2) is 8.42 Å². The number of amides is 1. The van der Waals surface area contributed by atoms with E-state index >= 15 is 0 Å². The molecule has 1 aromatic rings. The predicted octanol–water partition coefficient (Wildman–Crippen LogP) is 1.06. The molecular weight excluding hydrogens is 436 g/mol. The third-order valence-electron chi connectivity index (χ3n) is 5.56. The fourth-order valence-corrected chi connectivity index (χ4v) is 5.43. The van der Waals surface area contributed by atoms with Gasteiger partial charge >= 0.3 is 0 Å². The van der Waals surface area contributed by atoms with Gasteiger partial charge < -0.3 is 23.8 Å². The second kappa shape index (κ2) is 12.6. The van der Waals surface area contributed by atoms with Gasteiger partial charge in [-0.15, -0.1) is 0 Å². The Morgan fingerprint density at radius 3 is 1.84 bits per heavy atom. The summed E-state index contributed by atoms with van der Waals surface area (Å²) in [5.74, 6) is -0.206. The summed E-state index contributed by atoms with van der Waals surface area (Å²) in [7, 11) is -3.75. The van der Waals surface area contributed by atoms with Crippen molar-refractivity contribution < 1.29 is 32.2 Å².